The Morgan fingerprint density at radius 3 is 3.20 bits per heavy atom. The van der Waals surface area contributed by atoms with Crippen LogP contribution in [0.2, 0.25) is 0 Å². The Balaban J connectivity index is 2.48. The maximum Gasteiger partial charge on any atom is 0.246 e. The van der Waals surface area contributed by atoms with Gasteiger partial charge in [0, 0.05) is 6.54 Å². The van der Waals surface area contributed by atoms with Gasteiger partial charge in [0.25, 0.3) is 0 Å². The number of rotatable bonds is 0. The molecule has 0 bridgehead atoms. The maximum absolute atomic E-state index is 10.7. The van der Waals surface area contributed by atoms with E-state index in [4.69, 9.17) is 16.3 Å². The number of hydrogen-bond acceptors (Lipinski definition) is 2. The van der Waals surface area contributed by atoms with Gasteiger partial charge in [-0.15, -0.1) is 11.6 Å². The molecule has 1 rings (SSSR count). The third-order valence-corrected chi connectivity index (χ3v) is 2.03. The summed E-state index contributed by atoms with van der Waals surface area (Å²) in [6, 6.07) is 0. The normalized spacial score (nSPS) is 34.8. The molecule has 0 radical (unpaired) electrons. The van der Waals surface area contributed by atoms with Crippen LogP contribution in [-0.2, 0) is 9.53 Å². The van der Waals surface area contributed by atoms with Crippen LogP contribution in [-0.4, -0.2) is 28.5 Å². The Labute approximate surface area is 77.6 Å². The van der Waals surface area contributed by atoms with Gasteiger partial charge in [-0.1, -0.05) is 22.6 Å². The highest BCUT2D eigenvalue weighted by Gasteiger charge is 2.27. The van der Waals surface area contributed by atoms with Gasteiger partial charge in [0.1, 0.15) is 9.49 Å². The topological polar surface area (TPSA) is 38.3 Å². The average Bonchev–Trinajstić information content (AvgIpc) is 1.94. The molecule has 3 nitrogen and oxygen atoms in total. The highest BCUT2D eigenvalue weighted by atomic mass is 127. The van der Waals surface area contributed by atoms with Gasteiger partial charge in [0.15, 0.2) is 0 Å². The molecule has 0 aliphatic carbocycles. The monoisotopic (exact) mass is 275 g/mol. The summed E-state index contributed by atoms with van der Waals surface area (Å²) in [5.74, 6) is -0.0980. The van der Waals surface area contributed by atoms with Crippen LogP contribution in [0.25, 0.3) is 0 Å². The van der Waals surface area contributed by atoms with Crippen LogP contribution in [0.5, 0.6) is 0 Å². The third-order valence-electron chi connectivity index (χ3n) is 1.09. The Morgan fingerprint density at radius 2 is 2.50 bits per heavy atom. The minimum Gasteiger partial charge on any atom is -0.369 e. The zero-order chi connectivity index (χ0) is 7.61. The molecule has 0 aromatic heterocycles. The number of hydrogen-bond donors (Lipinski definition) is 1. The average molecular weight is 275 g/mol. The second kappa shape index (κ2) is 3.23. The van der Waals surface area contributed by atoms with E-state index in [0.29, 0.717) is 13.2 Å². The Bertz CT molecular complexity index is 151. The van der Waals surface area contributed by atoms with Crippen LogP contribution < -0.4 is 5.32 Å². The van der Waals surface area contributed by atoms with E-state index < -0.39 is 2.88 Å². The van der Waals surface area contributed by atoms with Crippen molar-refractivity contribution in [2.75, 3.05) is 19.8 Å². The van der Waals surface area contributed by atoms with Gasteiger partial charge in [0.2, 0.25) is 5.91 Å². The van der Waals surface area contributed by atoms with E-state index in [9.17, 15) is 4.79 Å². The number of alkyl halides is 2. The molecule has 1 saturated heterocycles. The van der Waals surface area contributed by atoms with Gasteiger partial charge < -0.3 is 10.1 Å². The van der Waals surface area contributed by atoms with Gasteiger partial charge in [-0.2, -0.15) is 0 Å². The van der Waals surface area contributed by atoms with Crippen molar-refractivity contribution in [2.24, 2.45) is 0 Å². The van der Waals surface area contributed by atoms with E-state index in [-0.39, 0.29) is 12.5 Å². The van der Waals surface area contributed by atoms with E-state index in [1.54, 1.807) is 0 Å². The Kier molecular flexibility index (Phi) is 2.76. The third kappa shape index (κ3) is 2.59. The fraction of sp³-hybridized carbons (Fsp3) is 0.800. The van der Waals surface area contributed by atoms with Gasteiger partial charge >= 0.3 is 0 Å². The number of halogens is 2. The molecule has 0 saturated carbocycles. The van der Waals surface area contributed by atoms with Crippen LogP contribution in [0.3, 0.4) is 0 Å². The van der Waals surface area contributed by atoms with Gasteiger partial charge in [-0.25, -0.2) is 0 Å². The molecule has 0 aromatic rings. The van der Waals surface area contributed by atoms with Crippen molar-refractivity contribution >= 4 is 40.1 Å². The maximum atomic E-state index is 10.7. The molecule has 1 aliphatic rings. The van der Waals surface area contributed by atoms with Crippen molar-refractivity contribution in [3.8, 4) is 0 Å². The summed E-state index contributed by atoms with van der Waals surface area (Å²) in [4.78, 5) is 10.7. The van der Waals surface area contributed by atoms with Gasteiger partial charge in [-0.05, 0) is 0 Å². The summed E-state index contributed by atoms with van der Waals surface area (Å²) in [6.45, 7) is 0.999. The lowest BCUT2D eigenvalue weighted by atomic mass is 10.4. The van der Waals surface area contributed by atoms with Crippen molar-refractivity contribution in [3.05, 3.63) is 0 Å². The van der Waals surface area contributed by atoms with Crippen molar-refractivity contribution in [3.63, 3.8) is 0 Å². The summed E-state index contributed by atoms with van der Waals surface area (Å²) >= 11 is 7.94. The second-order valence-electron chi connectivity index (χ2n) is 2.13. The van der Waals surface area contributed by atoms with E-state index >= 15 is 0 Å². The fourth-order valence-corrected chi connectivity index (χ4v) is 1.18. The first-order valence-electron chi connectivity index (χ1n) is 2.82. The molecule has 1 N–H and O–H groups in total. The van der Waals surface area contributed by atoms with Crippen LogP contribution >= 0.6 is 34.2 Å². The number of carbonyl (C=O) groups excluding carboxylic acids is 1. The molecule has 1 aliphatic heterocycles. The van der Waals surface area contributed by atoms with Crippen molar-refractivity contribution in [2.45, 2.75) is 2.88 Å². The van der Waals surface area contributed by atoms with Gasteiger partial charge in [-0.3, -0.25) is 4.79 Å². The van der Waals surface area contributed by atoms with E-state index in [0.717, 1.165) is 0 Å². The quantitative estimate of drug-likeness (QED) is 0.516. The Hall–Kier alpha value is 0.450. The zero-order valence-electron chi connectivity index (χ0n) is 5.19. The van der Waals surface area contributed by atoms with E-state index in [2.05, 4.69) is 27.9 Å². The zero-order valence-corrected chi connectivity index (χ0v) is 8.11. The molecule has 1 atom stereocenters. The molecule has 58 valence electrons. The first kappa shape index (κ1) is 8.55. The summed E-state index contributed by atoms with van der Waals surface area (Å²) in [7, 11) is 0. The fourth-order valence-electron chi connectivity index (χ4n) is 0.623. The molecule has 0 aromatic carbocycles. The van der Waals surface area contributed by atoms with Gasteiger partial charge in [0.05, 0.1) is 6.61 Å². The number of ether oxygens (including phenoxy) is 1. The number of carbonyl (C=O) groups is 1. The molecule has 0 spiro atoms. The lowest BCUT2D eigenvalue weighted by Gasteiger charge is -2.14. The van der Waals surface area contributed by atoms with Crippen LogP contribution in [0.15, 0.2) is 0 Å². The standard InChI is InChI=1S/C5H7ClINO2/c6-5(7)2-8-4(9)1-10-3-5/h1-3H2,(H,8,9). The molecule has 1 fully saturated rings. The largest absolute Gasteiger partial charge is 0.369 e. The molecule has 1 heterocycles. The molecular formula is C5H7ClINO2. The minimum absolute atomic E-state index is 0.0980. The van der Waals surface area contributed by atoms with E-state index in [1.165, 1.54) is 0 Å². The lowest BCUT2D eigenvalue weighted by molar-refractivity contribution is -0.124. The summed E-state index contributed by atoms with van der Waals surface area (Å²) in [6.07, 6.45) is 0. The summed E-state index contributed by atoms with van der Waals surface area (Å²) in [5, 5.41) is 2.63. The Morgan fingerprint density at radius 1 is 1.80 bits per heavy atom. The minimum atomic E-state index is -0.468. The summed E-state index contributed by atoms with van der Waals surface area (Å²) < 4.78 is 4.50. The van der Waals surface area contributed by atoms with Crippen molar-refractivity contribution in [1.82, 2.24) is 5.32 Å². The second-order valence-corrected chi connectivity index (χ2v) is 5.55. The highest BCUT2D eigenvalue weighted by molar-refractivity contribution is 14.1. The highest BCUT2D eigenvalue weighted by Crippen LogP contribution is 2.24. The summed E-state index contributed by atoms with van der Waals surface area (Å²) in [5.41, 5.74) is 0. The predicted octanol–water partition coefficient (Wildman–Crippen LogP) is 0.503. The lowest BCUT2D eigenvalue weighted by Crippen LogP contribution is -2.33. The first-order valence-corrected chi connectivity index (χ1v) is 4.28. The SMILES string of the molecule is O=C1COCC(Cl)(I)CN1. The smallest absolute Gasteiger partial charge is 0.246 e. The predicted molar refractivity (Wildman–Crippen MR) is 46.4 cm³/mol. The van der Waals surface area contributed by atoms with Crippen LogP contribution in [0, 0.1) is 0 Å². The molecule has 10 heavy (non-hydrogen) atoms. The van der Waals surface area contributed by atoms with Crippen molar-refractivity contribution in [1.29, 1.82) is 0 Å². The van der Waals surface area contributed by atoms with E-state index in [1.807, 2.05) is 0 Å². The van der Waals surface area contributed by atoms with Crippen LogP contribution in [0.1, 0.15) is 0 Å². The first-order chi connectivity index (χ1) is 4.60. The molecule has 5 heteroatoms. The number of amides is 1. The molecule has 1 amide bonds. The van der Waals surface area contributed by atoms with Crippen LogP contribution in [0.4, 0.5) is 0 Å². The molecular weight excluding hydrogens is 268 g/mol. The van der Waals surface area contributed by atoms with Crippen molar-refractivity contribution < 1.29 is 9.53 Å². The molecule has 1 unspecified atom stereocenters. The number of nitrogens with one attached hydrogen (secondary N) is 1.